The molecule has 3 aromatic rings. The van der Waals surface area contributed by atoms with Gasteiger partial charge in [0, 0.05) is 23.4 Å². The zero-order chi connectivity index (χ0) is 18.4. The van der Waals surface area contributed by atoms with Gasteiger partial charge >= 0.3 is 0 Å². The molecule has 0 spiro atoms. The molecule has 0 amide bonds. The summed E-state index contributed by atoms with van der Waals surface area (Å²) in [4.78, 5) is 20.0. The lowest BCUT2D eigenvalue weighted by atomic mass is 10.1. The molecule has 0 radical (unpaired) electrons. The highest BCUT2D eigenvalue weighted by Crippen LogP contribution is 2.20. The van der Waals surface area contributed by atoms with Crippen LogP contribution in [0, 0.1) is 6.92 Å². The number of hydrogen-bond donors (Lipinski definition) is 1. The molecule has 0 saturated heterocycles. The zero-order valence-corrected chi connectivity index (χ0v) is 15.8. The molecule has 0 aliphatic heterocycles. The molecule has 134 valence electrons. The van der Waals surface area contributed by atoms with Crippen molar-refractivity contribution in [2.24, 2.45) is 0 Å². The first-order chi connectivity index (χ1) is 12.7. The highest BCUT2D eigenvalue weighted by Gasteiger charge is 2.10. The molecule has 1 heterocycles. The molecule has 0 bridgehead atoms. The van der Waals surface area contributed by atoms with E-state index in [4.69, 9.17) is 4.74 Å². The van der Waals surface area contributed by atoms with Gasteiger partial charge in [0.2, 0.25) is 0 Å². The van der Waals surface area contributed by atoms with Crippen LogP contribution in [0.15, 0.2) is 64.5 Å². The largest absolute Gasteiger partial charge is 0.494 e. The lowest BCUT2D eigenvalue weighted by Gasteiger charge is -2.08. The van der Waals surface area contributed by atoms with Crippen molar-refractivity contribution in [3.05, 3.63) is 87.3 Å². The third-order valence-electron chi connectivity index (χ3n) is 4.03. The van der Waals surface area contributed by atoms with Crippen LogP contribution in [0.5, 0.6) is 5.75 Å². The number of hydrogen-bond acceptors (Lipinski definition) is 4. The van der Waals surface area contributed by atoms with Crippen molar-refractivity contribution in [2.75, 3.05) is 6.61 Å². The van der Waals surface area contributed by atoms with E-state index in [2.05, 4.69) is 22.1 Å². The smallest absolute Gasteiger partial charge is 0.255 e. The lowest BCUT2D eigenvalue weighted by molar-refractivity contribution is 0.340. The molecule has 1 N–H and O–H groups in total. The summed E-state index contributed by atoms with van der Waals surface area (Å²) < 4.78 is 5.45. The van der Waals surface area contributed by atoms with Crippen LogP contribution in [-0.4, -0.2) is 16.6 Å². The topological polar surface area (TPSA) is 55.0 Å². The van der Waals surface area contributed by atoms with Gasteiger partial charge in [-0.1, -0.05) is 54.2 Å². The van der Waals surface area contributed by atoms with E-state index < -0.39 is 0 Å². The number of nitrogens with zero attached hydrogens (tertiary/aromatic N) is 1. The Balaban J connectivity index is 1.71. The first-order valence-corrected chi connectivity index (χ1v) is 9.62. The van der Waals surface area contributed by atoms with Crippen LogP contribution in [0.25, 0.3) is 0 Å². The second-order valence-electron chi connectivity index (χ2n) is 5.96. The first kappa shape index (κ1) is 18.3. The lowest BCUT2D eigenvalue weighted by Crippen LogP contribution is -2.17. The van der Waals surface area contributed by atoms with Gasteiger partial charge in [-0.25, -0.2) is 4.98 Å². The van der Waals surface area contributed by atoms with Crippen molar-refractivity contribution in [2.45, 2.75) is 31.2 Å². The van der Waals surface area contributed by atoms with E-state index in [-0.39, 0.29) is 5.56 Å². The molecule has 3 rings (SSSR count). The Bertz CT molecular complexity index is 906. The van der Waals surface area contributed by atoms with Gasteiger partial charge in [-0.05, 0) is 37.1 Å². The molecule has 0 saturated carbocycles. The van der Waals surface area contributed by atoms with Gasteiger partial charge < -0.3 is 9.72 Å². The van der Waals surface area contributed by atoms with Crippen LogP contribution in [0.4, 0.5) is 0 Å². The Labute approximate surface area is 157 Å². The maximum atomic E-state index is 12.5. The van der Waals surface area contributed by atoms with Crippen molar-refractivity contribution in [1.82, 2.24) is 9.97 Å². The van der Waals surface area contributed by atoms with Crippen LogP contribution in [0.2, 0.25) is 0 Å². The highest BCUT2D eigenvalue weighted by atomic mass is 32.2. The second-order valence-corrected chi connectivity index (χ2v) is 6.93. The molecule has 26 heavy (non-hydrogen) atoms. The molecule has 0 unspecified atom stereocenters. The molecule has 5 heteroatoms. The molecule has 1 aromatic heterocycles. The van der Waals surface area contributed by atoms with Gasteiger partial charge in [-0.3, -0.25) is 4.79 Å². The number of aromatic nitrogens is 2. The predicted octanol–water partition coefficient (Wildman–Crippen LogP) is 4.36. The van der Waals surface area contributed by atoms with Gasteiger partial charge in [-0.15, -0.1) is 0 Å². The van der Waals surface area contributed by atoms with Gasteiger partial charge in [0.25, 0.3) is 5.56 Å². The Morgan fingerprint density at radius 3 is 2.42 bits per heavy atom. The Morgan fingerprint density at radius 2 is 1.77 bits per heavy atom. The number of rotatable bonds is 7. The summed E-state index contributed by atoms with van der Waals surface area (Å²) in [5.41, 5.74) is 3.68. The van der Waals surface area contributed by atoms with Crippen LogP contribution in [0.3, 0.4) is 0 Å². The summed E-state index contributed by atoms with van der Waals surface area (Å²) in [5, 5.41) is 0.659. The van der Waals surface area contributed by atoms with Crippen LogP contribution >= 0.6 is 11.8 Å². The molecule has 0 aliphatic rings. The number of nitrogens with one attached hydrogen (secondary N) is 1. The van der Waals surface area contributed by atoms with E-state index in [1.807, 2.05) is 56.3 Å². The maximum Gasteiger partial charge on any atom is 0.255 e. The fourth-order valence-corrected chi connectivity index (χ4v) is 3.52. The quantitative estimate of drug-likeness (QED) is 0.499. The molecule has 0 aliphatic carbocycles. The van der Waals surface area contributed by atoms with Gasteiger partial charge in [0.05, 0.1) is 6.61 Å². The molecule has 2 aromatic carbocycles. The molecular weight excluding hydrogens is 344 g/mol. The Morgan fingerprint density at radius 1 is 1.04 bits per heavy atom. The van der Waals surface area contributed by atoms with Crippen molar-refractivity contribution in [3.63, 3.8) is 0 Å². The number of aryl methyl sites for hydroxylation is 1. The van der Waals surface area contributed by atoms with Gasteiger partial charge in [0.1, 0.15) is 5.75 Å². The minimum absolute atomic E-state index is 0.0676. The highest BCUT2D eigenvalue weighted by molar-refractivity contribution is 7.98. The van der Waals surface area contributed by atoms with Crippen LogP contribution < -0.4 is 10.3 Å². The van der Waals surface area contributed by atoms with Gasteiger partial charge in [0.15, 0.2) is 5.16 Å². The molecule has 0 fully saturated rings. The van der Waals surface area contributed by atoms with Crippen LogP contribution in [0.1, 0.15) is 29.3 Å². The van der Waals surface area contributed by atoms with Crippen molar-refractivity contribution in [3.8, 4) is 5.75 Å². The van der Waals surface area contributed by atoms with E-state index in [1.54, 1.807) is 11.8 Å². The standard InChI is InChI=1S/C21H22N2O2S/c1-3-25-18-11-9-16(10-12-18)13-19-15(2)22-21(23-20(19)24)26-14-17-7-5-4-6-8-17/h4-12H,3,13-14H2,1-2H3,(H,22,23,24). The summed E-state index contributed by atoms with van der Waals surface area (Å²) in [6, 6.07) is 18.0. The van der Waals surface area contributed by atoms with Crippen LogP contribution in [-0.2, 0) is 12.2 Å². The Hall–Kier alpha value is -2.53. The normalized spacial score (nSPS) is 10.7. The number of ether oxygens (including phenoxy) is 1. The number of aromatic amines is 1. The summed E-state index contributed by atoms with van der Waals surface area (Å²) in [5.74, 6) is 1.62. The van der Waals surface area contributed by atoms with Crippen molar-refractivity contribution in [1.29, 1.82) is 0 Å². The average Bonchev–Trinajstić information content (AvgIpc) is 2.65. The maximum absolute atomic E-state index is 12.5. The van der Waals surface area contributed by atoms with E-state index in [9.17, 15) is 4.79 Å². The first-order valence-electron chi connectivity index (χ1n) is 8.64. The fourth-order valence-electron chi connectivity index (χ4n) is 2.66. The van der Waals surface area contributed by atoms with E-state index in [1.165, 1.54) is 5.56 Å². The van der Waals surface area contributed by atoms with Crippen molar-refractivity contribution < 1.29 is 4.74 Å². The number of thioether (sulfide) groups is 1. The average molecular weight is 366 g/mol. The second kappa shape index (κ2) is 8.72. The number of H-pyrrole nitrogens is 1. The molecule has 0 atom stereocenters. The summed E-state index contributed by atoms with van der Waals surface area (Å²) in [6.45, 7) is 4.50. The monoisotopic (exact) mass is 366 g/mol. The van der Waals surface area contributed by atoms with E-state index in [0.29, 0.717) is 23.7 Å². The van der Waals surface area contributed by atoms with Gasteiger partial charge in [-0.2, -0.15) is 0 Å². The fraction of sp³-hybridized carbons (Fsp3) is 0.238. The van der Waals surface area contributed by atoms with E-state index >= 15 is 0 Å². The van der Waals surface area contributed by atoms with Crippen molar-refractivity contribution >= 4 is 11.8 Å². The summed E-state index contributed by atoms with van der Waals surface area (Å²) >= 11 is 1.54. The number of benzene rings is 2. The minimum atomic E-state index is -0.0676. The molecular formula is C21H22N2O2S. The SMILES string of the molecule is CCOc1ccc(Cc2c(C)nc(SCc3ccccc3)[nH]c2=O)cc1. The van der Waals surface area contributed by atoms with E-state index in [0.717, 1.165) is 22.8 Å². The zero-order valence-electron chi connectivity index (χ0n) is 15.0. The Kier molecular flexibility index (Phi) is 6.12. The molecule has 4 nitrogen and oxygen atoms in total. The predicted molar refractivity (Wildman–Crippen MR) is 106 cm³/mol. The third-order valence-corrected chi connectivity index (χ3v) is 4.98. The summed E-state index contributed by atoms with van der Waals surface area (Å²) in [6.07, 6.45) is 0.560. The third kappa shape index (κ3) is 4.76. The summed E-state index contributed by atoms with van der Waals surface area (Å²) in [7, 11) is 0. The minimum Gasteiger partial charge on any atom is -0.494 e.